The first-order chi connectivity index (χ1) is 11.4. The molecular weight excluding hydrogens is 336 g/mol. The van der Waals surface area contributed by atoms with Crippen molar-refractivity contribution in [2.45, 2.75) is 45.1 Å². The van der Waals surface area contributed by atoms with Crippen molar-refractivity contribution in [3.63, 3.8) is 0 Å². The van der Waals surface area contributed by atoms with Crippen LogP contribution < -0.4 is 15.4 Å². The van der Waals surface area contributed by atoms with Crippen molar-refractivity contribution in [2.24, 2.45) is 5.92 Å². The molecule has 0 aliphatic carbocycles. The van der Waals surface area contributed by atoms with Crippen LogP contribution in [0.25, 0.3) is 0 Å². The monoisotopic (exact) mass is 358 g/mol. The predicted octanol–water partition coefficient (Wildman–Crippen LogP) is 1.19. The lowest BCUT2D eigenvalue weighted by atomic mass is 10.0. The molecule has 0 saturated carbocycles. The van der Waals surface area contributed by atoms with Gasteiger partial charge in [-0.05, 0) is 18.8 Å². The van der Waals surface area contributed by atoms with Crippen LogP contribution in [0.5, 0.6) is 5.88 Å². The average Bonchev–Trinajstić information content (AvgIpc) is 2.90. The fourth-order valence-corrected chi connectivity index (χ4v) is 2.60. The van der Waals surface area contributed by atoms with Gasteiger partial charge in [0.05, 0.1) is 19.8 Å². The van der Waals surface area contributed by atoms with E-state index in [2.05, 4.69) is 20.6 Å². The van der Waals surface area contributed by atoms with E-state index in [9.17, 15) is 9.90 Å². The zero-order chi connectivity index (χ0) is 17.7. The summed E-state index contributed by atoms with van der Waals surface area (Å²) < 4.78 is 10.1. The number of nitrogens with one attached hydrogen (secondary N) is 2. The van der Waals surface area contributed by atoms with E-state index in [1.165, 1.54) is 13.2 Å². The molecule has 134 valence electrons. The molecule has 3 atom stereocenters. The fourth-order valence-electron chi connectivity index (χ4n) is 2.43. The molecule has 0 bridgehead atoms. The molecule has 1 aliphatic heterocycles. The lowest BCUT2D eigenvalue weighted by molar-refractivity contribution is -0.126. The number of carbonyl (C=O) groups excluding carboxylic acids is 1. The second-order valence-electron chi connectivity index (χ2n) is 6.05. The summed E-state index contributed by atoms with van der Waals surface area (Å²) in [6, 6.07) is 0.501. The molecule has 2 heterocycles. The molecule has 0 spiro atoms. The summed E-state index contributed by atoms with van der Waals surface area (Å²) in [6.45, 7) is 4.44. The number of amides is 1. The predicted molar refractivity (Wildman–Crippen MR) is 89.0 cm³/mol. The number of carbonyl (C=O) groups is 1. The summed E-state index contributed by atoms with van der Waals surface area (Å²) in [5, 5.41) is 15.7. The van der Waals surface area contributed by atoms with E-state index in [0.29, 0.717) is 25.3 Å². The minimum atomic E-state index is -0.976. The number of hydrogen-bond donors (Lipinski definition) is 3. The molecule has 1 aliphatic rings. The van der Waals surface area contributed by atoms with E-state index in [1.54, 1.807) is 0 Å². The minimum absolute atomic E-state index is 0.211. The minimum Gasteiger partial charge on any atom is -0.481 e. The Balaban J connectivity index is 2.09. The highest BCUT2D eigenvalue weighted by molar-refractivity contribution is 6.29. The number of ether oxygens (including phenoxy) is 2. The summed E-state index contributed by atoms with van der Waals surface area (Å²) in [7, 11) is 1.47. The molecular formula is C15H23ClN4O4. The molecule has 1 fully saturated rings. The van der Waals surface area contributed by atoms with Crippen LogP contribution in [0.4, 0.5) is 5.95 Å². The Bertz CT molecular complexity index is 572. The number of methoxy groups -OCH3 is 1. The van der Waals surface area contributed by atoms with Gasteiger partial charge in [-0.2, -0.15) is 4.98 Å². The first-order valence-corrected chi connectivity index (χ1v) is 8.22. The van der Waals surface area contributed by atoms with Crippen LogP contribution in [0, 0.1) is 5.92 Å². The van der Waals surface area contributed by atoms with Crippen molar-refractivity contribution < 1.29 is 19.4 Å². The highest BCUT2D eigenvalue weighted by atomic mass is 35.5. The molecule has 8 nitrogen and oxygen atoms in total. The summed E-state index contributed by atoms with van der Waals surface area (Å²) in [4.78, 5) is 20.8. The molecule has 0 aromatic carbocycles. The summed E-state index contributed by atoms with van der Waals surface area (Å²) in [5.41, 5.74) is 0. The molecule has 0 radical (unpaired) electrons. The van der Waals surface area contributed by atoms with Crippen molar-refractivity contribution in [1.82, 2.24) is 15.3 Å². The number of aromatic nitrogens is 2. The Labute approximate surface area is 145 Å². The molecule has 1 aromatic heterocycles. The zero-order valence-electron chi connectivity index (χ0n) is 14.0. The molecule has 1 aromatic rings. The van der Waals surface area contributed by atoms with Crippen molar-refractivity contribution in [3.8, 4) is 5.88 Å². The van der Waals surface area contributed by atoms with E-state index in [4.69, 9.17) is 21.1 Å². The van der Waals surface area contributed by atoms with Gasteiger partial charge in [0.2, 0.25) is 17.7 Å². The second-order valence-corrected chi connectivity index (χ2v) is 6.44. The largest absolute Gasteiger partial charge is 0.481 e. The van der Waals surface area contributed by atoms with Crippen LogP contribution in [0.3, 0.4) is 0 Å². The normalized spacial score (nSPS) is 21.6. The summed E-state index contributed by atoms with van der Waals surface area (Å²) in [5.74, 6) is 0.532. The van der Waals surface area contributed by atoms with Gasteiger partial charge in [0.1, 0.15) is 11.2 Å². The van der Waals surface area contributed by atoms with Gasteiger partial charge in [0.15, 0.2) is 6.29 Å². The van der Waals surface area contributed by atoms with Crippen LogP contribution in [0.15, 0.2) is 6.07 Å². The number of aliphatic hydroxyl groups excluding tert-OH is 1. The molecule has 2 rings (SSSR count). The van der Waals surface area contributed by atoms with Gasteiger partial charge in [-0.15, -0.1) is 0 Å². The average molecular weight is 359 g/mol. The maximum Gasteiger partial charge on any atom is 0.242 e. The maximum atomic E-state index is 12.6. The van der Waals surface area contributed by atoms with Crippen molar-refractivity contribution in [2.75, 3.05) is 19.0 Å². The first kappa shape index (κ1) is 18.7. The smallest absolute Gasteiger partial charge is 0.242 e. The topological polar surface area (TPSA) is 106 Å². The van der Waals surface area contributed by atoms with Gasteiger partial charge in [0.25, 0.3) is 0 Å². The third kappa shape index (κ3) is 5.19. The van der Waals surface area contributed by atoms with E-state index in [1.807, 2.05) is 13.8 Å². The lowest BCUT2D eigenvalue weighted by Gasteiger charge is -2.23. The Morgan fingerprint density at radius 2 is 2.29 bits per heavy atom. The molecule has 1 amide bonds. The standard InChI is InChI=1S/C15H23ClN4O4/c1-8(2)6-10(13(21)17-9-4-5-24-14(9)22)18-15-19-11(16)7-12(20-15)23-3/h7-10,14,22H,4-6H2,1-3H3,(H,17,21)(H,18,19,20)/t9-,10-,14?/m0/s1. The summed E-state index contributed by atoms with van der Waals surface area (Å²) in [6.07, 6.45) is 0.160. The van der Waals surface area contributed by atoms with Crippen LogP contribution in [-0.4, -0.2) is 53.1 Å². The van der Waals surface area contributed by atoms with Crippen LogP contribution in [-0.2, 0) is 9.53 Å². The van der Waals surface area contributed by atoms with Gasteiger partial charge >= 0.3 is 0 Å². The van der Waals surface area contributed by atoms with Gasteiger partial charge in [-0.25, -0.2) is 4.98 Å². The van der Waals surface area contributed by atoms with Crippen molar-refractivity contribution in [1.29, 1.82) is 0 Å². The van der Waals surface area contributed by atoms with E-state index >= 15 is 0 Å². The van der Waals surface area contributed by atoms with Gasteiger partial charge in [-0.1, -0.05) is 25.4 Å². The Morgan fingerprint density at radius 1 is 1.54 bits per heavy atom. The number of aliphatic hydroxyl groups is 1. The van der Waals surface area contributed by atoms with Crippen molar-refractivity contribution >= 4 is 23.5 Å². The summed E-state index contributed by atoms with van der Waals surface area (Å²) >= 11 is 5.93. The maximum absolute atomic E-state index is 12.6. The molecule has 24 heavy (non-hydrogen) atoms. The molecule has 9 heteroatoms. The number of nitrogens with zero attached hydrogens (tertiary/aromatic N) is 2. The third-order valence-electron chi connectivity index (χ3n) is 3.60. The highest BCUT2D eigenvalue weighted by Crippen LogP contribution is 2.18. The van der Waals surface area contributed by atoms with Crippen LogP contribution in [0.2, 0.25) is 5.15 Å². The molecule has 3 N–H and O–H groups in total. The van der Waals surface area contributed by atoms with Crippen molar-refractivity contribution in [3.05, 3.63) is 11.2 Å². The lowest BCUT2D eigenvalue weighted by Crippen LogP contribution is -2.48. The number of rotatable bonds is 7. The van der Waals surface area contributed by atoms with Gasteiger partial charge in [0, 0.05) is 6.07 Å². The zero-order valence-corrected chi connectivity index (χ0v) is 14.7. The SMILES string of the molecule is COc1cc(Cl)nc(N[C@@H](CC(C)C)C(=O)N[C@H]2CCOC2O)n1. The van der Waals surface area contributed by atoms with Crippen LogP contribution >= 0.6 is 11.6 Å². The Morgan fingerprint density at radius 3 is 2.88 bits per heavy atom. The third-order valence-corrected chi connectivity index (χ3v) is 3.79. The molecule has 1 unspecified atom stereocenters. The van der Waals surface area contributed by atoms with Gasteiger partial charge in [-0.3, -0.25) is 4.79 Å². The highest BCUT2D eigenvalue weighted by Gasteiger charge is 2.30. The molecule has 1 saturated heterocycles. The number of halogens is 1. The fraction of sp³-hybridized carbons (Fsp3) is 0.667. The van der Waals surface area contributed by atoms with Gasteiger partial charge < -0.3 is 25.2 Å². The Kier molecular flexibility index (Phi) is 6.59. The number of hydrogen-bond acceptors (Lipinski definition) is 7. The van der Waals surface area contributed by atoms with Crippen LogP contribution in [0.1, 0.15) is 26.7 Å². The van der Waals surface area contributed by atoms with E-state index in [-0.39, 0.29) is 22.9 Å². The second kappa shape index (κ2) is 8.46. The Hall–Kier alpha value is -1.64. The van der Waals surface area contributed by atoms with E-state index < -0.39 is 18.4 Å². The number of anilines is 1. The van der Waals surface area contributed by atoms with E-state index in [0.717, 1.165) is 0 Å². The quantitative estimate of drug-likeness (QED) is 0.628. The first-order valence-electron chi connectivity index (χ1n) is 7.84.